The highest BCUT2D eigenvalue weighted by Crippen LogP contribution is 2.39. The lowest BCUT2D eigenvalue weighted by molar-refractivity contribution is 0.193. The Hall–Kier alpha value is -3.38. The lowest BCUT2D eigenvalue weighted by atomic mass is 9.92. The number of H-pyrrole nitrogens is 1. The van der Waals surface area contributed by atoms with Crippen molar-refractivity contribution in [2.75, 3.05) is 11.9 Å². The maximum atomic E-state index is 14.1. The third-order valence-corrected chi connectivity index (χ3v) is 5.89. The summed E-state index contributed by atoms with van der Waals surface area (Å²) in [4.78, 5) is 18.2. The zero-order valence-electron chi connectivity index (χ0n) is 16.3. The standard InChI is InChI=1S/C24H18ClF2N3O/c25-15-7-10-20-18(13-15)17-11-12-30(24(31)29-21-4-2-1-3-19(21)27)23(22(17)28-20)14-5-8-16(26)9-6-14/h1-10,13,23,28H,11-12H2,(H,29,31)/t23-/m0/s1. The topological polar surface area (TPSA) is 48.1 Å². The molecule has 2 N–H and O–H groups in total. The third kappa shape index (κ3) is 3.53. The molecule has 0 bridgehead atoms. The molecule has 0 aliphatic carbocycles. The van der Waals surface area contributed by atoms with Crippen LogP contribution in [-0.4, -0.2) is 22.5 Å². The molecular formula is C24H18ClF2N3O. The van der Waals surface area contributed by atoms with Gasteiger partial charge in [-0.25, -0.2) is 13.6 Å². The molecule has 5 rings (SSSR count). The van der Waals surface area contributed by atoms with E-state index in [0.29, 0.717) is 18.0 Å². The number of amides is 2. The molecule has 0 spiro atoms. The fraction of sp³-hybridized carbons (Fsp3) is 0.125. The summed E-state index contributed by atoms with van der Waals surface area (Å²) in [6, 6.07) is 16.8. The average Bonchev–Trinajstić information content (AvgIpc) is 3.13. The number of halogens is 3. The monoisotopic (exact) mass is 437 g/mol. The molecule has 31 heavy (non-hydrogen) atoms. The number of hydrogen-bond donors (Lipinski definition) is 2. The average molecular weight is 438 g/mol. The van der Waals surface area contributed by atoms with Crippen LogP contribution in [0.5, 0.6) is 0 Å². The van der Waals surface area contributed by atoms with E-state index < -0.39 is 17.9 Å². The van der Waals surface area contributed by atoms with Crippen molar-refractivity contribution in [1.82, 2.24) is 9.88 Å². The molecule has 2 amide bonds. The fourth-order valence-corrected chi connectivity index (χ4v) is 4.39. The molecule has 4 aromatic rings. The summed E-state index contributed by atoms with van der Waals surface area (Å²) < 4.78 is 27.7. The van der Waals surface area contributed by atoms with Crippen molar-refractivity contribution in [2.24, 2.45) is 0 Å². The maximum Gasteiger partial charge on any atom is 0.322 e. The van der Waals surface area contributed by atoms with Gasteiger partial charge >= 0.3 is 6.03 Å². The second-order valence-corrected chi connectivity index (χ2v) is 7.95. The zero-order valence-corrected chi connectivity index (χ0v) is 17.1. The summed E-state index contributed by atoms with van der Waals surface area (Å²) in [5.74, 6) is -0.863. The Bertz CT molecular complexity index is 1290. The smallest absolute Gasteiger partial charge is 0.322 e. The highest BCUT2D eigenvalue weighted by atomic mass is 35.5. The van der Waals surface area contributed by atoms with Crippen molar-refractivity contribution in [2.45, 2.75) is 12.5 Å². The van der Waals surface area contributed by atoms with E-state index in [4.69, 9.17) is 11.6 Å². The molecule has 0 saturated carbocycles. The van der Waals surface area contributed by atoms with Crippen molar-refractivity contribution < 1.29 is 13.6 Å². The van der Waals surface area contributed by atoms with E-state index in [1.807, 2.05) is 12.1 Å². The van der Waals surface area contributed by atoms with Crippen LogP contribution in [0.25, 0.3) is 10.9 Å². The molecule has 1 aliphatic heterocycles. The summed E-state index contributed by atoms with van der Waals surface area (Å²) in [6.45, 7) is 0.412. The Morgan fingerprint density at radius 3 is 2.61 bits per heavy atom. The molecule has 1 atom stereocenters. The van der Waals surface area contributed by atoms with Gasteiger partial charge in [0.05, 0.1) is 11.7 Å². The summed E-state index contributed by atoms with van der Waals surface area (Å²) in [7, 11) is 0. The number of benzene rings is 3. The Morgan fingerprint density at radius 1 is 1.06 bits per heavy atom. The van der Waals surface area contributed by atoms with Crippen LogP contribution >= 0.6 is 11.6 Å². The number of hydrogen-bond acceptors (Lipinski definition) is 1. The van der Waals surface area contributed by atoms with Crippen molar-refractivity contribution in [1.29, 1.82) is 0 Å². The fourth-order valence-electron chi connectivity index (χ4n) is 4.22. The molecule has 1 aliphatic rings. The van der Waals surface area contributed by atoms with E-state index in [1.54, 1.807) is 35.2 Å². The number of anilines is 1. The van der Waals surface area contributed by atoms with Gasteiger partial charge in [0, 0.05) is 28.2 Å². The number of para-hydroxylation sites is 1. The Labute approximate surface area is 182 Å². The predicted octanol–water partition coefficient (Wildman–Crippen LogP) is 6.28. The van der Waals surface area contributed by atoms with Crippen LogP contribution in [0.3, 0.4) is 0 Å². The van der Waals surface area contributed by atoms with Gasteiger partial charge in [-0.2, -0.15) is 0 Å². The van der Waals surface area contributed by atoms with Crippen LogP contribution in [-0.2, 0) is 6.42 Å². The molecule has 0 saturated heterocycles. The number of aromatic amines is 1. The second kappa shape index (κ2) is 7.71. The summed E-state index contributed by atoms with van der Waals surface area (Å²) >= 11 is 6.21. The van der Waals surface area contributed by atoms with Gasteiger partial charge in [0.25, 0.3) is 0 Å². The first kappa shape index (κ1) is 19.6. The number of urea groups is 1. The maximum absolute atomic E-state index is 14.1. The normalized spacial score (nSPS) is 15.7. The van der Waals surface area contributed by atoms with Crippen LogP contribution in [0.2, 0.25) is 5.02 Å². The van der Waals surface area contributed by atoms with E-state index in [9.17, 15) is 13.6 Å². The van der Waals surface area contributed by atoms with Crippen molar-refractivity contribution >= 4 is 34.2 Å². The summed E-state index contributed by atoms with van der Waals surface area (Å²) in [5, 5.41) is 4.30. The molecule has 156 valence electrons. The number of nitrogens with one attached hydrogen (secondary N) is 2. The van der Waals surface area contributed by atoms with Gasteiger partial charge in [-0.05, 0) is 60.0 Å². The van der Waals surface area contributed by atoms with Gasteiger partial charge in [0.15, 0.2) is 0 Å². The molecule has 0 radical (unpaired) electrons. The molecule has 4 nitrogen and oxygen atoms in total. The minimum Gasteiger partial charge on any atom is -0.356 e. The van der Waals surface area contributed by atoms with Crippen LogP contribution in [0, 0.1) is 11.6 Å². The first-order valence-electron chi connectivity index (χ1n) is 9.89. The molecule has 0 fully saturated rings. The molecule has 3 aromatic carbocycles. The number of fused-ring (bicyclic) bond motifs is 3. The number of carbonyl (C=O) groups is 1. The molecule has 7 heteroatoms. The van der Waals surface area contributed by atoms with Gasteiger partial charge in [-0.3, -0.25) is 0 Å². The Balaban J connectivity index is 1.60. The van der Waals surface area contributed by atoms with E-state index in [-0.39, 0.29) is 11.5 Å². The summed E-state index contributed by atoms with van der Waals surface area (Å²) in [6.07, 6.45) is 0.609. The summed E-state index contributed by atoms with van der Waals surface area (Å²) in [5.41, 5.74) is 3.70. The van der Waals surface area contributed by atoms with Gasteiger partial charge in [-0.1, -0.05) is 35.9 Å². The van der Waals surface area contributed by atoms with Crippen molar-refractivity contribution in [3.8, 4) is 0 Å². The highest BCUT2D eigenvalue weighted by molar-refractivity contribution is 6.31. The lowest BCUT2D eigenvalue weighted by Crippen LogP contribution is -2.43. The van der Waals surface area contributed by atoms with Crippen LogP contribution in [0.4, 0.5) is 19.3 Å². The van der Waals surface area contributed by atoms with Gasteiger partial charge in [0.1, 0.15) is 11.6 Å². The highest BCUT2D eigenvalue weighted by Gasteiger charge is 2.35. The lowest BCUT2D eigenvalue weighted by Gasteiger charge is -2.36. The van der Waals surface area contributed by atoms with Crippen molar-refractivity contribution in [3.63, 3.8) is 0 Å². The number of nitrogens with zero attached hydrogens (tertiary/aromatic N) is 1. The third-order valence-electron chi connectivity index (χ3n) is 5.65. The van der Waals surface area contributed by atoms with E-state index >= 15 is 0 Å². The van der Waals surface area contributed by atoms with Gasteiger partial charge in [-0.15, -0.1) is 0 Å². The first-order chi connectivity index (χ1) is 15.0. The van der Waals surface area contributed by atoms with E-state index in [2.05, 4.69) is 10.3 Å². The zero-order chi connectivity index (χ0) is 21.5. The van der Waals surface area contributed by atoms with E-state index in [0.717, 1.165) is 27.7 Å². The molecule has 1 aromatic heterocycles. The SMILES string of the molecule is O=C(Nc1ccccc1F)N1CCc2c([nH]c3ccc(Cl)cc23)[C@@H]1c1ccc(F)cc1. The van der Waals surface area contributed by atoms with Gasteiger partial charge in [0.2, 0.25) is 0 Å². The second-order valence-electron chi connectivity index (χ2n) is 7.51. The van der Waals surface area contributed by atoms with Gasteiger partial charge < -0.3 is 15.2 Å². The predicted molar refractivity (Wildman–Crippen MR) is 117 cm³/mol. The van der Waals surface area contributed by atoms with Crippen LogP contribution in [0.15, 0.2) is 66.7 Å². The molecular weight excluding hydrogens is 420 g/mol. The van der Waals surface area contributed by atoms with Crippen LogP contribution in [0.1, 0.15) is 22.9 Å². The molecule has 0 unspecified atom stereocenters. The van der Waals surface area contributed by atoms with Crippen molar-refractivity contribution in [3.05, 3.63) is 100 Å². The minimum absolute atomic E-state index is 0.111. The van der Waals surface area contributed by atoms with Crippen LogP contribution < -0.4 is 5.32 Å². The number of aromatic nitrogens is 1. The minimum atomic E-state index is -0.507. The quantitative estimate of drug-likeness (QED) is 0.381. The number of carbonyl (C=O) groups excluding carboxylic acids is 1. The van der Waals surface area contributed by atoms with E-state index in [1.165, 1.54) is 24.3 Å². The first-order valence-corrected chi connectivity index (χ1v) is 10.3. The Kier molecular flexibility index (Phi) is 4.87. The number of rotatable bonds is 2. The Morgan fingerprint density at radius 2 is 1.84 bits per heavy atom. The molecule has 2 heterocycles. The largest absolute Gasteiger partial charge is 0.356 e.